The zero-order chi connectivity index (χ0) is 12.3. The Labute approximate surface area is 103 Å². The molecular weight excluding hydrogens is 206 g/mol. The Hall–Kier alpha value is -1.89. The second kappa shape index (κ2) is 4.96. The smallest absolute Gasteiger partial charge is 0.0708 e. The van der Waals surface area contributed by atoms with Crippen LogP contribution in [0.25, 0.3) is 11.3 Å². The van der Waals surface area contributed by atoms with Crippen LogP contribution in [-0.2, 0) is 0 Å². The molecule has 1 atom stereocenters. The first-order valence-electron chi connectivity index (χ1n) is 5.87. The lowest BCUT2D eigenvalue weighted by atomic mass is 10.0. The summed E-state index contributed by atoms with van der Waals surface area (Å²) in [5.41, 5.74) is 4.52. The number of hydrogen-bond donors (Lipinski definition) is 0. The molecule has 0 aliphatic carbocycles. The van der Waals surface area contributed by atoms with Crippen molar-refractivity contribution in [3.63, 3.8) is 0 Å². The van der Waals surface area contributed by atoms with E-state index in [1.165, 1.54) is 5.56 Å². The van der Waals surface area contributed by atoms with Crippen molar-refractivity contribution in [2.45, 2.75) is 19.8 Å². The third-order valence-corrected chi connectivity index (χ3v) is 2.88. The maximum absolute atomic E-state index is 4.70. The van der Waals surface area contributed by atoms with Gasteiger partial charge in [0, 0.05) is 17.2 Å². The van der Waals surface area contributed by atoms with Gasteiger partial charge in [-0.15, -0.1) is 6.58 Å². The van der Waals surface area contributed by atoms with E-state index < -0.39 is 0 Å². The summed E-state index contributed by atoms with van der Waals surface area (Å²) in [6.07, 6.45) is 1.93. The summed E-state index contributed by atoms with van der Waals surface area (Å²) in [6, 6.07) is 14.5. The number of aromatic nitrogens is 1. The molecule has 17 heavy (non-hydrogen) atoms. The Morgan fingerprint density at radius 2 is 1.88 bits per heavy atom. The number of allylic oxidation sites excluding steroid dienone is 1. The summed E-state index contributed by atoms with van der Waals surface area (Å²) < 4.78 is 0. The maximum Gasteiger partial charge on any atom is 0.0708 e. The van der Waals surface area contributed by atoms with Gasteiger partial charge in [0.2, 0.25) is 0 Å². The molecule has 1 heterocycles. The van der Waals surface area contributed by atoms with E-state index in [1.54, 1.807) is 0 Å². The zero-order valence-corrected chi connectivity index (χ0v) is 10.4. The number of nitrogens with zero attached hydrogens (tertiary/aromatic N) is 1. The molecule has 0 spiro atoms. The molecular formula is C16H17N. The summed E-state index contributed by atoms with van der Waals surface area (Å²) in [5.74, 6) is 0.289. The van der Waals surface area contributed by atoms with Gasteiger partial charge in [-0.2, -0.15) is 0 Å². The molecule has 0 N–H and O–H groups in total. The largest absolute Gasteiger partial charge is 0.252 e. The monoisotopic (exact) mass is 223 g/mol. The van der Waals surface area contributed by atoms with Crippen molar-refractivity contribution in [1.82, 2.24) is 4.98 Å². The molecule has 0 saturated carbocycles. The van der Waals surface area contributed by atoms with Crippen LogP contribution in [0, 0.1) is 6.92 Å². The SMILES string of the molecule is C=CC(C)c1cc(C)cc(-c2ccccc2)n1. The van der Waals surface area contributed by atoms with E-state index in [-0.39, 0.29) is 5.92 Å². The van der Waals surface area contributed by atoms with E-state index in [0.29, 0.717) is 0 Å². The Kier molecular flexibility index (Phi) is 3.38. The molecule has 0 saturated heterocycles. The van der Waals surface area contributed by atoms with E-state index in [1.807, 2.05) is 24.3 Å². The minimum absolute atomic E-state index is 0.289. The molecule has 0 aliphatic heterocycles. The van der Waals surface area contributed by atoms with Crippen LogP contribution >= 0.6 is 0 Å². The molecule has 0 aliphatic rings. The van der Waals surface area contributed by atoms with E-state index in [4.69, 9.17) is 4.98 Å². The first kappa shape index (κ1) is 11.6. The third kappa shape index (κ3) is 2.62. The molecule has 1 heteroatoms. The Morgan fingerprint density at radius 1 is 1.18 bits per heavy atom. The lowest BCUT2D eigenvalue weighted by Crippen LogP contribution is -1.96. The van der Waals surface area contributed by atoms with Crippen LogP contribution in [0.5, 0.6) is 0 Å². The van der Waals surface area contributed by atoms with Gasteiger partial charge < -0.3 is 0 Å². The molecule has 86 valence electrons. The lowest BCUT2D eigenvalue weighted by molar-refractivity contribution is 0.908. The first-order valence-corrected chi connectivity index (χ1v) is 5.87. The average molecular weight is 223 g/mol. The summed E-state index contributed by atoms with van der Waals surface area (Å²) >= 11 is 0. The van der Waals surface area contributed by atoms with Gasteiger partial charge in [0.25, 0.3) is 0 Å². The third-order valence-electron chi connectivity index (χ3n) is 2.88. The van der Waals surface area contributed by atoms with Gasteiger partial charge in [-0.05, 0) is 24.6 Å². The fourth-order valence-electron chi connectivity index (χ4n) is 1.81. The van der Waals surface area contributed by atoms with Gasteiger partial charge in [-0.1, -0.05) is 43.3 Å². The summed E-state index contributed by atoms with van der Waals surface area (Å²) in [5, 5.41) is 0. The van der Waals surface area contributed by atoms with Crippen LogP contribution in [0.1, 0.15) is 24.1 Å². The van der Waals surface area contributed by atoms with Gasteiger partial charge in [0.15, 0.2) is 0 Å². The standard InChI is InChI=1S/C16H17N/c1-4-13(3)15-10-12(2)11-16(17-15)14-8-6-5-7-9-14/h4-11,13H,1H2,2-3H3. The van der Waals surface area contributed by atoms with E-state index in [2.05, 4.69) is 44.7 Å². The summed E-state index contributed by atoms with van der Waals surface area (Å²) in [6.45, 7) is 8.05. The molecule has 1 unspecified atom stereocenters. The number of benzene rings is 1. The van der Waals surface area contributed by atoms with Crippen molar-refractivity contribution < 1.29 is 0 Å². The van der Waals surface area contributed by atoms with Gasteiger partial charge in [0.05, 0.1) is 5.69 Å². The van der Waals surface area contributed by atoms with Gasteiger partial charge in [-0.25, -0.2) is 0 Å². The minimum Gasteiger partial charge on any atom is -0.252 e. The fraction of sp³-hybridized carbons (Fsp3) is 0.188. The molecule has 0 radical (unpaired) electrons. The predicted molar refractivity (Wildman–Crippen MR) is 73.0 cm³/mol. The van der Waals surface area contributed by atoms with Crippen LogP contribution < -0.4 is 0 Å². The Morgan fingerprint density at radius 3 is 2.53 bits per heavy atom. The molecule has 0 fully saturated rings. The quantitative estimate of drug-likeness (QED) is 0.705. The van der Waals surface area contributed by atoms with Gasteiger partial charge >= 0.3 is 0 Å². The van der Waals surface area contributed by atoms with Gasteiger partial charge in [0.1, 0.15) is 0 Å². The van der Waals surface area contributed by atoms with Crippen LogP contribution in [0.3, 0.4) is 0 Å². The Balaban J connectivity index is 2.49. The highest BCUT2D eigenvalue weighted by molar-refractivity contribution is 5.60. The van der Waals surface area contributed by atoms with Crippen LogP contribution in [-0.4, -0.2) is 4.98 Å². The molecule has 1 aromatic carbocycles. The molecule has 2 aromatic rings. The van der Waals surface area contributed by atoms with Crippen LogP contribution in [0.4, 0.5) is 0 Å². The predicted octanol–water partition coefficient (Wildman–Crippen LogP) is 4.35. The van der Waals surface area contributed by atoms with E-state index >= 15 is 0 Å². The highest BCUT2D eigenvalue weighted by atomic mass is 14.7. The van der Waals surface area contributed by atoms with Crippen LogP contribution in [0.15, 0.2) is 55.1 Å². The van der Waals surface area contributed by atoms with Crippen molar-refractivity contribution in [2.24, 2.45) is 0 Å². The number of rotatable bonds is 3. The van der Waals surface area contributed by atoms with Gasteiger partial charge in [-0.3, -0.25) is 4.98 Å². The Bertz CT molecular complexity index is 514. The molecule has 2 rings (SSSR count). The van der Waals surface area contributed by atoms with Crippen molar-refractivity contribution >= 4 is 0 Å². The summed E-state index contributed by atoms with van der Waals surface area (Å²) in [4.78, 5) is 4.70. The van der Waals surface area contributed by atoms with Crippen molar-refractivity contribution in [2.75, 3.05) is 0 Å². The second-order valence-electron chi connectivity index (χ2n) is 4.35. The van der Waals surface area contributed by atoms with E-state index in [9.17, 15) is 0 Å². The topological polar surface area (TPSA) is 12.9 Å². The second-order valence-corrected chi connectivity index (χ2v) is 4.35. The number of hydrogen-bond acceptors (Lipinski definition) is 1. The van der Waals surface area contributed by atoms with E-state index in [0.717, 1.165) is 17.0 Å². The normalized spacial score (nSPS) is 12.1. The van der Waals surface area contributed by atoms with Crippen molar-refractivity contribution in [3.8, 4) is 11.3 Å². The highest BCUT2D eigenvalue weighted by Gasteiger charge is 2.06. The van der Waals surface area contributed by atoms with Crippen LogP contribution in [0.2, 0.25) is 0 Å². The summed E-state index contributed by atoms with van der Waals surface area (Å²) in [7, 11) is 0. The maximum atomic E-state index is 4.70. The molecule has 1 nitrogen and oxygen atoms in total. The molecule has 0 bridgehead atoms. The number of pyridine rings is 1. The fourth-order valence-corrected chi connectivity index (χ4v) is 1.81. The molecule has 0 amide bonds. The number of aryl methyl sites for hydroxylation is 1. The zero-order valence-electron chi connectivity index (χ0n) is 10.4. The molecule has 1 aromatic heterocycles. The minimum atomic E-state index is 0.289. The van der Waals surface area contributed by atoms with Crippen molar-refractivity contribution in [1.29, 1.82) is 0 Å². The highest BCUT2D eigenvalue weighted by Crippen LogP contribution is 2.22. The average Bonchev–Trinajstić information content (AvgIpc) is 2.38. The lowest BCUT2D eigenvalue weighted by Gasteiger charge is -2.10. The first-order chi connectivity index (χ1) is 8.20. The van der Waals surface area contributed by atoms with Crippen molar-refractivity contribution in [3.05, 3.63) is 66.4 Å².